The van der Waals surface area contributed by atoms with Gasteiger partial charge in [-0.2, -0.15) is 0 Å². The number of rotatable bonds is 6. The van der Waals surface area contributed by atoms with E-state index in [9.17, 15) is 4.79 Å². The fraction of sp³-hybridized carbons (Fsp3) is 0.667. The number of pyridine rings is 1. The second-order valence-electron chi connectivity index (χ2n) is 11.2. The predicted octanol–water partition coefficient (Wildman–Crippen LogP) is 4.86. The highest BCUT2D eigenvalue weighted by molar-refractivity contribution is 6.73. The summed E-state index contributed by atoms with van der Waals surface area (Å²) >= 11 is 6.51. The van der Waals surface area contributed by atoms with Crippen LogP contribution in [-0.4, -0.2) is 65.1 Å². The summed E-state index contributed by atoms with van der Waals surface area (Å²) in [6.45, 7) is 16.2. The molecule has 3 rings (SSSR count). The molecule has 1 aromatic rings. The first-order valence-corrected chi connectivity index (χ1v) is 13.1. The van der Waals surface area contributed by atoms with Crippen molar-refractivity contribution in [1.82, 2.24) is 14.8 Å². The van der Waals surface area contributed by atoms with Gasteiger partial charge in [0.25, 0.3) is 5.91 Å². The molecule has 0 aliphatic carbocycles. The van der Waals surface area contributed by atoms with Gasteiger partial charge in [-0.25, -0.2) is 0 Å². The molecule has 188 valence electrons. The molecule has 0 bridgehead atoms. The number of carbonyl (C=O) groups excluding carboxylic acids is 1. The molecule has 1 amide bonds. The van der Waals surface area contributed by atoms with E-state index >= 15 is 0 Å². The van der Waals surface area contributed by atoms with Gasteiger partial charge in [0, 0.05) is 37.1 Å². The van der Waals surface area contributed by atoms with Crippen LogP contribution in [0.25, 0.3) is 5.70 Å². The first kappa shape index (κ1) is 26.7. The highest BCUT2D eigenvalue weighted by atomic mass is 35.5. The number of carbonyl (C=O) groups is 1. The third kappa shape index (κ3) is 6.82. The number of aryl methyl sites for hydroxylation is 1. The van der Waals surface area contributed by atoms with Gasteiger partial charge < -0.3 is 15.5 Å². The SMILES string of the molecule is CCN=C(Cl)/C(C(=O)N1CCC2(CCN(CCC(C)(C)C)CC2)CC1)=C(\N)c1ccnc(C)c1. The van der Waals surface area contributed by atoms with E-state index in [1.54, 1.807) is 6.20 Å². The molecule has 2 aliphatic rings. The first-order valence-electron chi connectivity index (χ1n) is 12.7. The Morgan fingerprint density at radius 1 is 1.18 bits per heavy atom. The van der Waals surface area contributed by atoms with E-state index in [-0.39, 0.29) is 11.1 Å². The lowest BCUT2D eigenvalue weighted by atomic mass is 9.71. The molecule has 0 saturated carbocycles. The average molecular weight is 488 g/mol. The fourth-order valence-electron chi connectivity index (χ4n) is 4.98. The zero-order valence-electron chi connectivity index (χ0n) is 21.7. The summed E-state index contributed by atoms with van der Waals surface area (Å²) in [5.41, 5.74) is 9.48. The zero-order chi connectivity index (χ0) is 24.9. The summed E-state index contributed by atoms with van der Waals surface area (Å²) in [4.78, 5) is 26.7. The number of hydrogen-bond donors (Lipinski definition) is 1. The van der Waals surface area contributed by atoms with Gasteiger partial charge >= 0.3 is 0 Å². The Bertz CT molecular complexity index is 915. The summed E-state index contributed by atoms with van der Waals surface area (Å²) in [6, 6.07) is 3.68. The van der Waals surface area contributed by atoms with Crippen molar-refractivity contribution >= 4 is 28.4 Å². The summed E-state index contributed by atoms with van der Waals surface area (Å²) in [5.74, 6) is -0.119. The minimum atomic E-state index is -0.119. The third-order valence-corrected chi connectivity index (χ3v) is 7.71. The highest BCUT2D eigenvalue weighted by Gasteiger charge is 2.39. The maximum atomic E-state index is 13.6. The Hall–Kier alpha value is -1.92. The van der Waals surface area contributed by atoms with Crippen molar-refractivity contribution in [3.63, 3.8) is 0 Å². The van der Waals surface area contributed by atoms with Crippen LogP contribution in [0.1, 0.15) is 71.1 Å². The maximum Gasteiger partial charge on any atom is 0.259 e. The molecule has 2 fully saturated rings. The van der Waals surface area contributed by atoms with Gasteiger partial charge in [-0.3, -0.25) is 14.8 Å². The van der Waals surface area contributed by atoms with Gasteiger partial charge in [0.1, 0.15) is 5.17 Å². The Labute approximate surface area is 210 Å². The van der Waals surface area contributed by atoms with Crippen molar-refractivity contribution in [3.05, 3.63) is 35.2 Å². The number of likely N-dealkylation sites (tertiary alicyclic amines) is 2. The summed E-state index contributed by atoms with van der Waals surface area (Å²) < 4.78 is 0. The van der Waals surface area contributed by atoms with Crippen molar-refractivity contribution in [2.75, 3.05) is 39.3 Å². The molecule has 1 spiro atoms. The fourth-order valence-corrected chi connectivity index (χ4v) is 5.28. The van der Waals surface area contributed by atoms with Gasteiger partial charge in [-0.1, -0.05) is 32.4 Å². The smallest absolute Gasteiger partial charge is 0.259 e. The number of aliphatic imine (C=N–C) groups is 1. The molecule has 0 atom stereocenters. The summed E-state index contributed by atoms with van der Waals surface area (Å²) in [5, 5.41) is 0.187. The predicted molar refractivity (Wildman–Crippen MR) is 142 cm³/mol. The van der Waals surface area contributed by atoms with Crippen molar-refractivity contribution in [3.8, 4) is 0 Å². The number of piperidine rings is 2. The van der Waals surface area contributed by atoms with E-state index in [1.807, 2.05) is 30.9 Å². The van der Waals surface area contributed by atoms with Crippen molar-refractivity contribution < 1.29 is 4.79 Å². The quantitative estimate of drug-likeness (QED) is 0.459. The first-order chi connectivity index (χ1) is 16.0. The van der Waals surface area contributed by atoms with Gasteiger partial charge in [-0.15, -0.1) is 0 Å². The summed E-state index contributed by atoms with van der Waals surface area (Å²) in [7, 11) is 0. The van der Waals surface area contributed by atoms with Crippen LogP contribution >= 0.6 is 11.6 Å². The lowest BCUT2D eigenvalue weighted by Gasteiger charge is -2.47. The Morgan fingerprint density at radius 3 is 2.35 bits per heavy atom. The normalized spacial score (nSPS) is 20.4. The van der Waals surface area contributed by atoms with E-state index in [2.05, 4.69) is 35.6 Å². The Kier molecular flexibility index (Phi) is 8.80. The Balaban J connectivity index is 1.68. The monoisotopic (exact) mass is 487 g/mol. The molecular weight excluding hydrogens is 446 g/mol. The Morgan fingerprint density at radius 2 is 1.79 bits per heavy atom. The number of nitrogens with two attached hydrogens (primary N) is 1. The van der Waals surface area contributed by atoms with Crippen LogP contribution in [0.4, 0.5) is 0 Å². The van der Waals surface area contributed by atoms with Crippen LogP contribution < -0.4 is 5.73 Å². The number of aromatic nitrogens is 1. The highest BCUT2D eigenvalue weighted by Crippen LogP contribution is 2.42. The molecule has 2 aliphatic heterocycles. The van der Waals surface area contributed by atoms with Gasteiger partial charge in [0.05, 0.1) is 11.3 Å². The van der Waals surface area contributed by atoms with E-state index in [0.717, 1.165) is 37.2 Å². The van der Waals surface area contributed by atoms with E-state index in [0.29, 0.717) is 28.6 Å². The van der Waals surface area contributed by atoms with Crippen molar-refractivity contribution in [2.45, 2.75) is 66.7 Å². The number of nitrogens with zero attached hydrogens (tertiary/aromatic N) is 4. The molecule has 34 heavy (non-hydrogen) atoms. The van der Waals surface area contributed by atoms with Crippen molar-refractivity contribution in [1.29, 1.82) is 0 Å². The van der Waals surface area contributed by atoms with Crippen LogP contribution in [0.5, 0.6) is 0 Å². The molecule has 0 aromatic carbocycles. The van der Waals surface area contributed by atoms with Crippen LogP contribution in [0, 0.1) is 17.8 Å². The van der Waals surface area contributed by atoms with Crippen LogP contribution in [0.3, 0.4) is 0 Å². The van der Waals surface area contributed by atoms with Crippen LogP contribution in [-0.2, 0) is 4.79 Å². The molecule has 1 aromatic heterocycles. The molecule has 0 radical (unpaired) electrons. The van der Waals surface area contributed by atoms with Crippen LogP contribution in [0.2, 0.25) is 0 Å². The molecule has 0 unspecified atom stereocenters. The largest absolute Gasteiger partial charge is 0.398 e. The van der Waals surface area contributed by atoms with E-state index in [1.165, 1.54) is 38.9 Å². The number of halogens is 1. The second-order valence-corrected chi connectivity index (χ2v) is 11.5. The van der Waals surface area contributed by atoms with E-state index in [4.69, 9.17) is 17.3 Å². The molecule has 3 heterocycles. The molecule has 7 heteroatoms. The number of amides is 1. The summed E-state index contributed by atoms with van der Waals surface area (Å²) in [6.07, 6.45) is 7.45. The third-order valence-electron chi connectivity index (χ3n) is 7.40. The second kappa shape index (κ2) is 11.2. The van der Waals surface area contributed by atoms with Gasteiger partial charge in [0.15, 0.2) is 0 Å². The minimum Gasteiger partial charge on any atom is -0.398 e. The number of hydrogen-bond acceptors (Lipinski definition) is 5. The van der Waals surface area contributed by atoms with Crippen LogP contribution in [0.15, 0.2) is 28.9 Å². The van der Waals surface area contributed by atoms with E-state index < -0.39 is 0 Å². The minimum absolute atomic E-state index is 0.119. The van der Waals surface area contributed by atoms with Crippen molar-refractivity contribution in [2.24, 2.45) is 21.6 Å². The molecule has 2 N–H and O–H groups in total. The average Bonchev–Trinajstić information content (AvgIpc) is 2.79. The molecule has 6 nitrogen and oxygen atoms in total. The maximum absolute atomic E-state index is 13.6. The lowest BCUT2D eigenvalue weighted by molar-refractivity contribution is -0.129. The molecular formula is C27H42ClN5O. The van der Waals surface area contributed by atoms with Gasteiger partial charge in [0.2, 0.25) is 0 Å². The molecule has 2 saturated heterocycles. The standard InChI is InChI=1S/C27H42ClN5O/c1-6-30-24(28)22(23(29)21-7-13-31-20(2)19-21)25(34)33-17-11-27(12-18-33)9-15-32(16-10-27)14-8-26(3,4)5/h7,13,19H,6,8-12,14-18,29H2,1-5H3/b23-22+,30-24?. The topological polar surface area (TPSA) is 74.8 Å². The zero-order valence-corrected chi connectivity index (χ0v) is 22.4. The van der Waals surface area contributed by atoms with Gasteiger partial charge in [-0.05, 0) is 88.5 Å². The lowest BCUT2D eigenvalue weighted by Crippen LogP contribution is -2.49.